The highest BCUT2D eigenvalue weighted by Crippen LogP contribution is 2.28. The van der Waals surface area contributed by atoms with Crippen molar-refractivity contribution in [3.05, 3.63) is 25.9 Å². The summed E-state index contributed by atoms with van der Waals surface area (Å²) in [7, 11) is 1.24. The van der Waals surface area contributed by atoms with E-state index in [0.29, 0.717) is 24.3 Å². The highest BCUT2D eigenvalue weighted by molar-refractivity contribution is 7.14. The fourth-order valence-corrected chi connectivity index (χ4v) is 2.77. The van der Waals surface area contributed by atoms with Crippen LogP contribution in [0.2, 0.25) is 0 Å². The number of hydrogen-bond acceptors (Lipinski definition) is 7. The highest BCUT2D eigenvalue weighted by atomic mass is 32.1. The Bertz CT molecular complexity index is 558. The molecule has 0 spiro atoms. The van der Waals surface area contributed by atoms with Crippen molar-refractivity contribution >= 4 is 28.9 Å². The van der Waals surface area contributed by atoms with Crippen molar-refractivity contribution < 1.29 is 19.2 Å². The van der Waals surface area contributed by atoms with Crippen molar-refractivity contribution in [2.45, 2.75) is 32.2 Å². The number of unbranched alkanes of at least 4 members (excludes halogenated alkanes) is 1. The summed E-state index contributed by atoms with van der Waals surface area (Å²) in [6.07, 6.45) is 1.80. The zero-order chi connectivity index (χ0) is 16.7. The standard InChI is InChI=1S/C13H19N3O5S/c1-8-10(16(19)20)7-11(22-8)12(17)15-9(13(18)21-2)5-3-4-6-14/h7,9H,3-6,14H2,1-2H3,(H,15,17). The van der Waals surface area contributed by atoms with E-state index in [2.05, 4.69) is 10.1 Å². The summed E-state index contributed by atoms with van der Waals surface area (Å²) in [5, 5.41) is 13.4. The van der Waals surface area contributed by atoms with Crippen LogP contribution < -0.4 is 11.1 Å². The van der Waals surface area contributed by atoms with Crippen LogP contribution in [0.5, 0.6) is 0 Å². The zero-order valence-corrected chi connectivity index (χ0v) is 13.3. The normalized spacial score (nSPS) is 11.8. The Morgan fingerprint density at radius 1 is 1.50 bits per heavy atom. The lowest BCUT2D eigenvalue weighted by molar-refractivity contribution is -0.385. The minimum atomic E-state index is -0.787. The summed E-state index contributed by atoms with van der Waals surface area (Å²) in [6, 6.07) is 0.425. The molecule has 0 radical (unpaired) electrons. The second-order valence-electron chi connectivity index (χ2n) is 4.64. The van der Waals surface area contributed by atoms with E-state index in [4.69, 9.17) is 5.73 Å². The lowest BCUT2D eigenvalue weighted by atomic mass is 10.1. The molecule has 0 fully saturated rings. The predicted molar refractivity (Wildman–Crippen MR) is 81.9 cm³/mol. The van der Waals surface area contributed by atoms with E-state index in [9.17, 15) is 19.7 Å². The van der Waals surface area contributed by atoms with Crippen molar-refractivity contribution in [1.29, 1.82) is 0 Å². The van der Waals surface area contributed by atoms with Crippen LogP contribution in [-0.2, 0) is 9.53 Å². The fourth-order valence-electron chi connectivity index (χ4n) is 1.88. The van der Waals surface area contributed by atoms with E-state index >= 15 is 0 Å². The maximum atomic E-state index is 12.1. The smallest absolute Gasteiger partial charge is 0.328 e. The van der Waals surface area contributed by atoms with Gasteiger partial charge >= 0.3 is 5.97 Å². The number of methoxy groups -OCH3 is 1. The molecule has 1 atom stereocenters. The molecule has 1 amide bonds. The van der Waals surface area contributed by atoms with Crippen LogP contribution in [0.1, 0.15) is 33.8 Å². The van der Waals surface area contributed by atoms with Gasteiger partial charge in [-0.05, 0) is 32.7 Å². The van der Waals surface area contributed by atoms with Crippen molar-refractivity contribution in [2.24, 2.45) is 5.73 Å². The second-order valence-corrected chi connectivity index (χ2v) is 5.90. The number of nitrogens with zero attached hydrogens (tertiary/aromatic N) is 1. The molecule has 1 unspecified atom stereocenters. The Hall–Kier alpha value is -2.00. The average Bonchev–Trinajstić information content (AvgIpc) is 2.87. The van der Waals surface area contributed by atoms with Crippen molar-refractivity contribution in [1.82, 2.24) is 5.32 Å². The Labute approximate surface area is 131 Å². The molecule has 1 heterocycles. The first-order chi connectivity index (χ1) is 10.4. The molecule has 0 aliphatic heterocycles. The topological polar surface area (TPSA) is 125 Å². The molecule has 8 nitrogen and oxygen atoms in total. The molecule has 0 aromatic carbocycles. The van der Waals surface area contributed by atoms with E-state index in [0.717, 1.165) is 17.8 Å². The van der Waals surface area contributed by atoms with Gasteiger partial charge < -0.3 is 15.8 Å². The van der Waals surface area contributed by atoms with Gasteiger partial charge in [-0.2, -0.15) is 0 Å². The van der Waals surface area contributed by atoms with Crippen LogP contribution in [0.25, 0.3) is 0 Å². The van der Waals surface area contributed by atoms with Crippen LogP contribution in [0.4, 0.5) is 5.69 Å². The first-order valence-corrected chi connectivity index (χ1v) is 7.56. The molecule has 22 heavy (non-hydrogen) atoms. The lowest BCUT2D eigenvalue weighted by Gasteiger charge is -2.15. The fraction of sp³-hybridized carbons (Fsp3) is 0.538. The first-order valence-electron chi connectivity index (χ1n) is 6.74. The number of ether oxygens (including phenoxy) is 1. The van der Waals surface area contributed by atoms with Gasteiger partial charge in [0.25, 0.3) is 11.6 Å². The Morgan fingerprint density at radius 2 is 2.18 bits per heavy atom. The minimum Gasteiger partial charge on any atom is -0.467 e. The number of nitro groups is 1. The van der Waals surface area contributed by atoms with Crippen molar-refractivity contribution in [3.8, 4) is 0 Å². The Kier molecular flexibility index (Phi) is 6.93. The number of amides is 1. The van der Waals surface area contributed by atoms with E-state index in [1.807, 2.05) is 0 Å². The van der Waals surface area contributed by atoms with Crippen molar-refractivity contribution in [2.75, 3.05) is 13.7 Å². The third kappa shape index (κ3) is 4.78. The number of aryl methyl sites for hydroxylation is 1. The van der Waals surface area contributed by atoms with E-state index in [-0.39, 0.29) is 10.6 Å². The highest BCUT2D eigenvalue weighted by Gasteiger charge is 2.25. The van der Waals surface area contributed by atoms with Crippen LogP contribution in [0, 0.1) is 17.0 Å². The number of nitrogens with two attached hydrogens (primary N) is 1. The summed E-state index contributed by atoms with van der Waals surface area (Å²) in [5.74, 6) is -1.07. The lowest BCUT2D eigenvalue weighted by Crippen LogP contribution is -2.41. The van der Waals surface area contributed by atoms with Crippen LogP contribution in [0.3, 0.4) is 0 Å². The molecule has 1 aromatic rings. The molecule has 0 saturated carbocycles. The second kappa shape index (κ2) is 8.44. The minimum absolute atomic E-state index is 0.104. The van der Waals surface area contributed by atoms with Gasteiger partial charge in [0.05, 0.1) is 21.8 Å². The first kappa shape index (κ1) is 18.1. The van der Waals surface area contributed by atoms with Gasteiger partial charge in [-0.25, -0.2) is 4.79 Å². The van der Waals surface area contributed by atoms with Crippen LogP contribution >= 0.6 is 11.3 Å². The largest absolute Gasteiger partial charge is 0.467 e. The van der Waals surface area contributed by atoms with Crippen molar-refractivity contribution in [3.63, 3.8) is 0 Å². The third-order valence-corrected chi connectivity index (χ3v) is 4.09. The molecule has 0 bridgehead atoms. The number of esters is 1. The summed E-state index contributed by atoms with van der Waals surface area (Å²) in [4.78, 5) is 34.7. The summed E-state index contributed by atoms with van der Waals surface area (Å²) in [5.41, 5.74) is 5.29. The van der Waals surface area contributed by atoms with Crippen LogP contribution in [0.15, 0.2) is 6.07 Å². The molecule has 9 heteroatoms. The van der Waals surface area contributed by atoms with Gasteiger partial charge in [-0.1, -0.05) is 0 Å². The molecule has 3 N–H and O–H groups in total. The van der Waals surface area contributed by atoms with Gasteiger partial charge in [0.15, 0.2) is 0 Å². The van der Waals surface area contributed by atoms with E-state index < -0.39 is 22.8 Å². The molecule has 0 aliphatic rings. The number of hydrogen-bond donors (Lipinski definition) is 2. The van der Waals surface area contributed by atoms with E-state index in [1.54, 1.807) is 6.92 Å². The van der Waals surface area contributed by atoms with Gasteiger partial charge in [0.1, 0.15) is 6.04 Å². The number of thiophene rings is 1. The molecular formula is C13H19N3O5S. The summed E-state index contributed by atoms with van der Waals surface area (Å²) < 4.78 is 4.66. The maximum absolute atomic E-state index is 12.1. The summed E-state index contributed by atoms with van der Waals surface area (Å²) >= 11 is 1.01. The zero-order valence-electron chi connectivity index (χ0n) is 12.5. The number of carbonyl (C=O) groups is 2. The Balaban J connectivity index is 2.79. The van der Waals surface area contributed by atoms with E-state index in [1.165, 1.54) is 13.2 Å². The SMILES string of the molecule is COC(=O)C(CCCCN)NC(=O)c1cc([N+](=O)[O-])c(C)s1. The quantitative estimate of drug-likeness (QED) is 0.321. The molecule has 0 saturated heterocycles. The van der Waals surface area contributed by atoms with Crippen LogP contribution in [-0.4, -0.2) is 36.5 Å². The molecule has 1 rings (SSSR count). The maximum Gasteiger partial charge on any atom is 0.328 e. The average molecular weight is 329 g/mol. The molecule has 122 valence electrons. The number of nitrogens with one attached hydrogen (secondary N) is 1. The molecular weight excluding hydrogens is 310 g/mol. The van der Waals surface area contributed by atoms with Gasteiger partial charge in [0, 0.05) is 6.07 Å². The van der Waals surface area contributed by atoms with Gasteiger partial charge in [-0.3, -0.25) is 14.9 Å². The third-order valence-electron chi connectivity index (χ3n) is 3.05. The molecule has 0 aliphatic carbocycles. The van der Waals surface area contributed by atoms with Gasteiger partial charge in [0.2, 0.25) is 0 Å². The summed E-state index contributed by atoms with van der Waals surface area (Å²) in [6.45, 7) is 2.07. The molecule has 1 aromatic heterocycles. The number of rotatable bonds is 8. The number of carbonyl (C=O) groups excluding carboxylic acids is 2. The monoisotopic (exact) mass is 329 g/mol. The van der Waals surface area contributed by atoms with Gasteiger partial charge in [-0.15, -0.1) is 11.3 Å². The predicted octanol–water partition coefficient (Wildman–Crippen LogP) is 1.37. The Morgan fingerprint density at radius 3 is 2.68 bits per heavy atom.